The zero-order chi connectivity index (χ0) is 14.4. The Morgan fingerprint density at radius 2 is 1.95 bits per heavy atom. The van der Waals surface area contributed by atoms with Crippen LogP contribution in [0.4, 0.5) is 11.4 Å². The molecule has 0 spiro atoms. The molecule has 0 aliphatic heterocycles. The molecule has 0 radical (unpaired) electrons. The van der Waals surface area contributed by atoms with E-state index in [2.05, 4.69) is 5.32 Å². The second-order valence-electron chi connectivity index (χ2n) is 4.24. The minimum Gasteiger partial charge on any atom is -0.489 e. The first-order valence-corrected chi connectivity index (χ1v) is 6.39. The van der Waals surface area contributed by atoms with Crippen molar-refractivity contribution in [2.24, 2.45) is 0 Å². The highest BCUT2D eigenvalue weighted by atomic mass is 16.6. The molecule has 5 nitrogen and oxygen atoms in total. The predicted molar refractivity (Wildman–Crippen MR) is 78.0 cm³/mol. The number of nitrogens with one attached hydrogen (secondary N) is 1. The van der Waals surface area contributed by atoms with Gasteiger partial charge in [-0.05, 0) is 30.7 Å². The van der Waals surface area contributed by atoms with Crippen LogP contribution in [-0.4, -0.2) is 11.5 Å². The van der Waals surface area contributed by atoms with Gasteiger partial charge >= 0.3 is 0 Å². The summed E-state index contributed by atoms with van der Waals surface area (Å²) in [6.07, 6.45) is 0. The quantitative estimate of drug-likeness (QED) is 0.644. The van der Waals surface area contributed by atoms with Crippen LogP contribution in [0.25, 0.3) is 0 Å². The summed E-state index contributed by atoms with van der Waals surface area (Å²) in [6.45, 7) is 2.84. The normalized spacial score (nSPS) is 10.1. The molecule has 0 aliphatic rings. The van der Waals surface area contributed by atoms with Crippen LogP contribution in [0.15, 0.2) is 48.5 Å². The summed E-state index contributed by atoms with van der Waals surface area (Å²) in [4.78, 5) is 10.7. The van der Waals surface area contributed by atoms with Crippen molar-refractivity contribution in [3.05, 3.63) is 64.2 Å². The molecule has 104 valence electrons. The van der Waals surface area contributed by atoms with E-state index in [4.69, 9.17) is 4.74 Å². The number of nitrogens with zero attached hydrogens (tertiary/aromatic N) is 1. The molecule has 1 N–H and O–H groups in total. The second-order valence-corrected chi connectivity index (χ2v) is 4.24. The van der Waals surface area contributed by atoms with Crippen LogP contribution in [0.2, 0.25) is 0 Å². The minimum atomic E-state index is -0.385. The highest BCUT2D eigenvalue weighted by Gasteiger charge is 2.14. The van der Waals surface area contributed by atoms with Crippen LogP contribution >= 0.6 is 0 Å². The van der Waals surface area contributed by atoms with Crippen LogP contribution in [0.1, 0.15) is 12.5 Å². The van der Waals surface area contributed by atoms with E-state index in [0.29, 0.717) is 18.8 Å². The summed E-state index contributed by atoms with van der Waals surface area (Å²) in [7, 11) is 0. The number of nitro benzene ring substituents is 1. The van der Waals surface area contributed by atoms with Crippen molar-refractivity contribution in [1.82, 2.24) is 0 Å². The van der Waals surface area contributed by atoms with Crippen LogP contribution < -0.4 is 10.1 Å². The summed E-state index contributed by atoms with van der Waals surface area (Å²) < 4.78 is 5.58. The van der Waals surface area contributed by atoms with E-state index in [1.165, 1.54) is 0 Å². The number of nitro groups is 1. The molecule has 0 amide bonds. The lowest BCUT2D eigenvalue weighted by Gasteiger charge is -2.08. The van der Waals surface area contributed by atoms with Crippen molar-refractivity contribution in [2.75, 3.05) is 11.9 Å². The van der Waals surface area contributed by atoms with E-state index >= 15 is 0 Å². The van der Waals surface area contributed by atoms with Gasteiger partial charge in [0, 0.05) is 12.6 Å². The minimum absolute atomic E-state index is 0.0704. The van der Waals surface area contributed by atoms with E-state index in [9.17, 15) is 10.1 Å². The van der Waals surface area contributed by atoms with Gasteiger partial charge in [-0.3, -0.25) is 10.1 Å². The van der Waals surface area contributed by atoms with Crippen LogP contribution in [-0.2, 0) is 6.61 Å². The van der Waals surface area contributed by atoms with Crippen molar-refractivity contribution >= 4 is 11.4 Å². The third-order valence-corrected chi connectivity index (χ3v) is 2.77. The Labute approximate surface area is 117 Å². The van der Waals surface area contributed by atoms with Crippen molar-refractivity contribution in [2.45, 2.75) is 13.5 Å². The van der Waals surface area contributed by atoms with Gasteiger partial charge in [0.25, 0.3) is 5.69 Å². The molecule has 0 aliphatic carbocycles. The van der Waals surface area contributed by atoms with Crippen LogP contribution in [0.3, 0.4) is 0 Å². The topological polar surface area (TPSA) is 64.4 Å². The number of rotatable bonds is 6. The first kappa shape index (κ1) is 13.9. The fourth-order valence-electron chi connectivity index (χ4n) is 1.84. The Morgan fingerprint density at radius 1 is 1.20 bits per heavy atom. The lowest BCUT2D eigenvalue weighted by Crippen LogP contribution is -2.03. The first-order valence-electron chi connectivity index (χ1n) is 6.39. The number of hydrogen-bond donors (Lipinski definition) is 1. The fourth-order valence-corrected chi connectivity index (χ4v) is 1.84. The highest BCUT2D eigenvalue weighted by Crippen LogP contribution is 2.26. The van der Waals surface area contributed by atoms with E-state index in [0.717, 1.165) is 11.3 Å². The molecular formula is C15H16N2O3. The lowest BCUT2D eigenvalue weighted by atomic mass is 10.2. The molecular weight excluding hydrogens is 256 g/mol. The highest BCUT2D eigenvalue weighted by molar-refractivity contribution is 5.62. The number of benzene rings is 2. The molecule has 0 heterocycles. The number of hydrogen-bond acceptors (Lipinski definition) is 4. The molecule has 2 aromatic carbocycles. The fraction of sp³-hybridized carbons (Fsp3) is 0.200. The Kier molecular flexibility index (Phi) is 4.55. The number of anilines is 1. The average molecular weight is 272 g/mol. The predicted octanol–water partition coefficient (Wildman–Crippen LogP) is 3.61. The number of ether oxygens (including phenoxy) is 1. The van der Waals surface area contributed by atoms with Gasteiger partial charge in [-0.2, -0.15) is 0 Å². The summed E-state index contributed by atoms with van der Waals surface area (Å²) in [5, 5.41) is 14.0. The zero-order valence-corrected chi connectivity index (χ0v) is 11.2. The van der Waals surface area contributed by atoms with Crippen molar-refractivity contribution in [3.8, 4) is 5.75 Å². The molecule has 5 heteroatoms. The molecule has 2 rings (SSSR count). The summed E-state index contributed by atoms with van der Waals surface area (Å²) in [5.41, 5.74) is 1.36. The van der Waals surface area contributed by atoms with Crippen LogP contribution in [0, 0.1) is 10.1 Å². The Morgan fingerprint density at radius 3 is 2.60 bits per heavy atom. The van der Waals surface area contributed by atoms with Gasteiger partial charge in [0.15, 0.2) is 0 Å². The van der Waals surface area contributed by atoms with Gasteiger partial charge in [0.05, 0.1) is 4.92 Å². The summed E-state index contributed by atoms with van der Waals surface area (Å²) in [6, 6.07) is 14.4. The van der Waals surface area contributed by atoms with E-state index < -0.39 is 0 Å². The monoisotopic (exact) mass is 272 g/mol. The smallest absolute Gasteiger partial charge is 0.292 e. The maximum atomic E-state index is 11.0. The molecule has 2 aromatic rings. The lowest BCUT2D eigenvalue weighted by molar-refractivity contribution is -0.384. The van der Waals surface area contributed by atoms with E-state index in [1.54, 1.807) is 12.1 Å². The summed E-state index contributed by atoms with van der Waals surface area (Å²) in [5.74, 6) is 0.742. The molecule has 20 heavy (non-hydrogen) atoms. The molecule has 0 aromatic heterocycles. The maximum absolute atomic E-state index is 11.0. The average Bonchev–Trinajstić information content (AvgIpc) is 2.47. The SMILES string of the molecule is CCNc1ccc(COc2ccccc2)cc1[N+](=O)[O-]. The van der Waals surface area contributed by atoms with Crippen molar-refractivity contribution in [3.63, 3.8) is 0 Å². The van der Waals surface area contributed by atoms with Gasteiger partial charge in [-0.1, -0.05) is 24.3 Å². The largest absolute Gasteiger partial charge is 0.489 e. The third-order valence-electron chi connectivity index (χ3n) is 2.77. The van der Waals surface area contributed by atoms with Crippen molar-refractivity contribution < 1.29 is 9.66 Å². The van der Waals surface area contributed by atoms with Gasteiger partial charge in [0.2, 0.25) is 0 Å². The Balaban J connectivity index is 2.13. The van der Waals surface area contributed by atoms with E-state index in [-0.39, 0.29) is 10.6 Å². The molecule has 0 saturated carbocycles. The van der Waals surface area contributed by atoms with Gasteiger partial charge in [-0.25, -0.2) is 0 Å². The standard InChI is InChI=1S/C15H16N2O3/c1-2-16-14-9-8-12(10-15(14)17(18)19)11-20-13-6-4-3-5-7-13/h3-10,16H,2,11H2,1H3. The molecule has 0 bridgehead atoms. The molecule has 0 saturated heterocycles. The van der Waals surface area contributed by atoms with Gasteiger partial charge < -0.3 is 10.1 Å². The first-order chi connectivity index (χ1) is 9.70. The van der Waals surface area contributed by atoms with Gasteiger partial charge in [-0.15, -0.1) is 0 Å². The zero-order valence-electron chi connectivity index (χ0n) is 11.2. The van der Waals surface area contributed by atoms with Crippen LogP contribution in [0.5, 0.6) is 5.75 Å². The second kappa shape index (κ2) is 6.56. The molecule has 0 unspecified atom stereocenters. The number of para-hydroxylation sites is 1. The van der Waals surface area contributed by atoms with Gasteiger partial charge in [0.1, 0.15) is 18.0 Å². The summed E-state index contributed by atoms with van der Waals surface area (Å²) >= 11 is 0. The molecule has 0 atom stereocenters. The van der Waals surface area contributed by atoms with E-state index in [1.807, 2.05) is 43.3 Å². The van der Waals surface area contributed by atoms with Crippen molar-refractivity contribution in [1.29, 1.82) is 0 Å². The maximum Gasteiger partial charge on any atom is 0.292 e. The molecule has 0 fully saturated rings. The third kappa shape index (κ3) is 3.47. The Bertz CT molecular complexity index is 585. The Hall–Kier alpha value is -2.56.